The minimum absolute atomic E-state index is 0.163. The summed E-state index contributed by atoms with van der Waals surface area (Å²) in [6, 6.07) is 3.94. The number of fused-ring (bicyclic) bond motifs is 1. The zero-order valence-electron chi connectivity index (χ0n) is 14.2. The van der Waals surface area contributed by atoms with Crippen molar-refractivity contribution >= 4 is 34.7 Å². The fourth-order valence-electron chi connectivity index (χ4n) is 2.03. The van der Waals surface area contributed by atoms with Gasteiger partial charge in [-0.15, -0.1) is 0 Å². The van der Waals surface area contributed by atoms with Gasteiger partial charge in [-0.3, -0.25) is 10.1 Å². The molecule has 1 aromatic carbocycles. The monoisotopic (exact) mass is 347 g/mol. The Morgan fingerprint density at radius 3 is 2.56 bits per heavy atom. The summed E-state index contributed by atoms with van der Waals surface area (Å²) in [5, 5.41) is 15.4. The number of benzene rings is 1. The van der Waals surface area contributed by atoms with Crippen molar-refractivity contribution in [3.8, 4) is 0 Å². The van der Waals surface area contributed by atoms with Crippen LogP contribution in [0.3, 0.4) is 0 Å². The van der Waals surface area contributed by atoms with E-state index in [9.17, 15) is 19.7 Å². The van der Waals surface area contributed by atoms with Crippen LogP contribution in [-0.4, -0.2) is 39.5 Å². The molecule has 0 radical (unpaired) electrons. The smallest absolute Gasteiger partial charge is 0.435 e. The number of hydrogen-bond acceptors (Lipinski definition) is 7. The molecule has 0 amide bonds. The van der Waals surface area contributed by atoms with Crippen LogP contribution in [-0.2, 0) is 14.3 Å². The van der Waals surface area contributed by atoms with Gasteiger partial charge in [-0.1, -0.05) is 0 Å². The number of nitrogens with zero attached hydrogens (tertiary/aromatic N) is 3. The van der Waals surface area contributed by atoms with E-state index in [1.54, 1.807) is 20.8 Å². The average Bonchev–Trinajstić information content (AvgIpc) is 2.89. The van der Waals surface area contributed by atoms with E-state index in [0.717, 1.165) is 10.8 Å². The summed E-state index contributed by atoms with van der Waals surface area (Å²) in [7, 11) is 1.22. The van der Waals surface area contributed by atoms with E-state index in [0.29, 0.717) is 10.9 Å². The Bertz CT molecular complexity index is 876. The maximum Gasteiger partial charge on any atom is 0.435 e. The lowest BCUT2D eigenvalue weighted by Crippen LogP contribution is -2.27. The Morgan fingerprint density at radius 1 is 1.32 bits per heavy atom. The second-order valence-corrected chi connectivity index (χ2v) is 6.09. The zero-order valence-corrected chi connectivity index (χ0v) is 14.2. The van der Waals surface area contributed by atoms with Gasteiger partial charge >= 0.3 is 12.1 Å². The van der Waals surface area contributed by atoms with Crippen LogP contribution < -0.4 is 0 Å². The summed E-state index contributed by atoms with van der Waals surface area (Å²) in [6.07, 6.45) is 1.70. The highest BCUT2D eigenvalue weighted by atomic mass is 16.6. The Hall–Kier alpha value is -3.23. The first kappa shape index (κ1) is 18.1. The Labute approximate surface area is 143 Å². The summed E-state index contributed by atoms with van der Waals surface area (Å²) >= 11 is 0. The molecule has 0 aliphatic heterocycles. The molecule has 0 fully saturated rings. The molecule has 0 N–H and O–H groups in total. The van der Waals surface area contributed by atoms with Gasteiger partial charge in [0.05, 0.1) is 23.2 Å². The van der Waals surface area contributed by atoms with Crippen LogP contribution in [0.5, 0.6) is 0 Å². The number of nitro benzene ring substituents is 1. The summed E-state index contributed by atoms with van der Waals surface area (Å²) < 4.78 is 10.8. The molecule has 2 aromatic rings. The lowest BCUT2D eigenvalue weighted by Gasteiger charge is -2.19. The number of carbonyl (C=O) groups is 2. The lowest BCUT2D eigenvalue weighted by atomic mass is 10.2. The first-order valence-electron chi connectivity index (χ1n) is 7.29. The minimum Gasteiger partial charge on any atom is -0.466 e. The predicted molar refractivity (Wildman–Crippen MR) is 89.1 cm³/mol. The Kier molecular flexibility index (Phi) is 4.87. The first-order valence-corrected chi connectivity index (χ1v) is 7.29. The summed E-state index contributed by atoms with van der Waals surface area (Å²) in [6.45, 7) is 5.12. The molecule has 132 valence electrons. The molecule has 0 saturated carbocycles. The van der Waals surface area contributed by atoms with Crippen molar-refractivity contribution in [2.24, 2.45) is 0 Å². The second kappa shape index (κ2) is 6.71. The zero-order chi connectivity index (χ0) is 18.8. The number of hydrogen-bond donors (Lipinski definition) is 0. The fraction of sp³-hybridized carbons (Fsp3) is 0.312. The largest absolute Gasteiger partial charge is 0.466 e. The number of esters is 1. The van der Waals surface area contributed by atoms with Gasteiger partial charge in [0.1, 0.15) is 5.60 Å². The highest BCUT2D eigenvalue weighted by molar-refractivity contribution is 5.96. The standard InChI is InChI=1S/C16H17N3O6/c1-16(2,3)25-15(21)18-13-7-5-10(19(22)23)9-11(13)12(17-18)6-8-14(20)24-4/h5-9H,1-4H3. The Balaban J connectivity index is 2.60. The normalized spacial score (nSPS) is 11.7. The van der Waals surface area contributed by atoms with Crippen LogP contribution in [0, 0.1) is 10.1 Å². The molecular formula is C16H17N3O6. The highest BCUT2D eigenvalue weighted by Crippen LogP contribution is 2.25. The van der Waals surface area contributed by atoms with E-state index in [-0.39, 0.29) is 11.4 Å². The quantitative estimate of drug-likeness (QED) is 0.363. The van der Waals surface area contributed by atoms with Gasteiger partial charge in [0.25, 0.3) is 5.69 Å². The molecule has 0 aliphatic carbocycles. The van der Waals surface area contributed by atoms with E-state index in [1.165, 1.54) is 31.4 Å². The molecule has 9 nitrogen and oxygen atoms in total. The molecule has 1 aromatic heterocycles. The maximum absolute atomic E-state index is 12.3. The van der Waals surface area contributed by atoms with Crippen molar-refractivity contribution in [1.82, 2.24) is 9.78 Å². The molecule has 25 heavy (non-hydrogen) atoms. The van der Waals surface area contributed by atoms with Crippen molar-refractivity contribution < 1.29 is 24.0 Å². The molecule has 0 unspecified atom stereocenters. The van der Waals surface area contributed by atoms with Gasteiger partial charge in [-0.05, 0) is 32.9 Å². The third-order valence-corrected chi connectivity index (χ3v) is 3.05. The van der Waals surface area contributed by atoms with E-state index >= 15 is 0 Å². The molecular weight excluding hydrogens is 330 g/mol. The number of nitro groups is 1. The molecule has 0 spiro atoms. The molecule has 1 heterocycles. The third-order valence-electron chi connectivity index (χ3n) is 3.05. The molecule has 0 atom stereocenters. The van der Waals surface area contributed by atoms with Crippen LogP contribution in [0.25, 0.3) is 17.0 Å². The number of aromatic nitrogens is 2. The van der Waals surface area contributed by atoms with Gasteiger partial charge in [0, 0.05) is 23.6 Å². The van der Waals surface area contributed by atoms with Crippen molar-refractivity contribution in [1.29, 1.82) is 0 Å². The van der Waals surface area contributed by atoms with Crippen LogP contribution in [0.15, 0.2) is 24.3 Å². The second-order valence-electron chi connectivity index (χ2n) is 6.09. The van der Waals surface area contributed by atoms with Gasteiger partial charge in [-0.2, -0.15) is 9.78 Å². The highest BCUT2D eigenvalue weighted by Gasteiger charge is 2.22. The first-order chi connectivity index (χ1) is 11.6. The van der Waals surface area contributed by atoms with E-state index < -0.39 is 22.6 Å². The van der Waals surface area contributed by atoms with Gasteiger partial charge < -0.3 is 9.47 Å². The lowest BCUT2D eigenvalue weighted by molar-refractivity contribution is -0.384. The van der Waals surface area contributed by atoms with Crippen LogP contribution in [0.1, 0.15) is 26.5 Å². The van der Waals surface area contributed by atoms with Crippen molar-refractivity contribution in [3.63, 3.8) is 0 Å². The van der Waals surface area contributed by atoms with E-state index in [4.69, 9.17) is 4.74 Å². The molecule has 0 bridgehead atoms. The molecule has 2 rings (SSSR count). The Morgan fingerprint density at radius 2 is 2.00 bits per heavy atom. The summed E-state index contributed by atoms with van der Waals surface area (Å²) in [5.41, 5.74) is -0.374. The van der Waals surface area contributed by atoms with Crippen LogP contribution >= 0.6 is 0 Å². The predicted octanol–water partition coefficient (Wildman–Crippen LogP) is 2.91. The minimum atomic E-state index is -0.738. The topological polar surface area (TPSA) is 114 Å². The number of non-ortho nitro benzene ring substituents is 1. The van der Waals surface area contributed by atoms with Crippen molar-refractivity contribution in [2.75, 3.05) is 7.11 Å². The van der Waals surface area contributed by atoms with Gasteiger partial charge in [0.15, 0.2) is 0 Å². The fourth-order valence-corrected chi connectivity index (χ4v) is 2.03. The van der Waals surface area contributed by atoms with E-state index in [1.807, 2.05) is 0 Å². The SMILES string of the molecule is COC(=O)C=Cc1nn(C(=O)OC(C)(C)C)c2ccc([N+](=O)[O-])cc12. The maximum atomic E-state index is 12.3. The third kappa shape index (κ3) is 4.19. The van der Waals surface area contributed by atoms with Crippen LogP contribution in [0.2, 0.25) is 0 Å². The molecule has 9 heteroatoms. The van der Waals surface area contributed by atoms with Gasteiger partial charge in [0.2, 0.25) is 0 Å². The van der Waals surface area contributed by atoms with Crippen molar-refractivity contribution in [2.45, 2.75) is 26.4 Å². The van der Waals surface area contributed by atoms with Gasteiger partial charge in [-0.25, -0.2) is 9.59 Å². The van der Waals surface area contributed by atoms with Crippen LogP contribution in [0.4, 0.5) is 10.5 Å². The summed E-state index contributed by atoms with van der Waals surface area (Å²) in [4.78, 5) is 34.0. The number of carbonyl (C=O) groups excluding carboxylic acids is 2. The van der Waals surface area contributed by atoms with Crippen molar-refractivity contribution in [3.05, 3.63) is 40.1 Å². The molecule has 0 aliphatic rings. The molecule has 0 saturated heterocycles. The average molecular weight is 347 g/mol. The number of methoxy groups -OCH3 is 1. The number of ether oxygens (including phenoxy) is 2. The van der Waals surface area contributed by atoms with E-state index in [2.05, 4.69) is 9.84 Å². The number of rotatable bonds is 3. The summed E-state index contributed by atoms with van der Waals surface area (Å²) in [5.74, 6) is -0.620.